The number of benzene rings is 3. The minimum absolute atomic E-state index is 0.0702. The highest BCUT2D eigenvalue weighted by atomic mass is 16.5. The van der Waals surface area contributed by atoms with E-state index in [9.17, 15) is 4.79 Å². The first kappa shape index (κ1) is 27.1. The van der Waals surface area contributed by atoms with Gasteiger partial charge in [-0.2, -0.15) is 0 Å². The van der Waals surface area contributed by atoms with Crippen molar-refractivity contribution in [3.8, 4) is 28.4 Å². The molecule has 6 heteroatoms. The summed E-state index contributed by atoms with van der Waals surface area (Å²) in [5, 5.41) is 9.11. The third-order valence-electron chi connectivity index (χ3n) is 7.67. The molecule has 206 valence electrons. The molecule has 0 amide bonds. The summed E-state index contributed by atoms with van der Waals surface area (Å²) < 4.78 is 23.8. The van der Waals surface area contributed by atoms with Gasteiger partial charge in [-0.25, -0.2) is 0 Å². The summed E-state index contributed by atoms with van der Waals surface area (Å²) >= 11 is 0. The summed E-state index contributed by atoms with van der Waals surface area (Å²) in [6.07, 6.45) is 6.70. The molecule has 1 fully saturated rings. The average molecular weight is 531 g/mol. The summed E-state index contributed by atoms with van der Waals surface area (Å²) in [5.74, 6) is 1.37. The van der Waals surface area contributed by atoms with E-state index in [2.05, 4.69) is 50.2 Å². The van der Waals surface area contributed by atoms with Crippen molar-refractivity contribution in [1.82, 2.24) is 0 Å². The smallest absolute Gasteiger partial charge is 0.304 e. The predicted octanol–water partition coefficient (Wildman–Crippen LogP) is 7.23. The number of hydrogen-bond donors (Lipinski definition) is 1. The molecule has 1 N–H and O–H groups in total. The minimum Gasteiger partial charge on any atom is -0.492 e. The first-order chi connectivity index (χ1) is 19.0. The first-order valence-electron chi connectivity index (χ1n) is 14.0. The molecule has 3 aromatic carbocycles. The Labute approximate surface area is 230 Å². The van der Waals surface area contributed by atoms with Crippen LogP contribution in [0.3, 0.4) is 0 Å². The molecule has 39 heavy (non-hydrogen) atoms. The van der Waals surface area contributed by atoms with Crippen LogP contribution in [0, 0.1) is 13.8 Å². The maximum atomic E-state index is 11.1. The van der Waals surface area contributed by atoms with Gasteiger partial charge >= 0.3 is 5.97 Å². The van der Waals surface area contributed by atoms with E-state index in [1.54, 1.807) is 0 Å². The average Bonchev–Trinajstić information content (AvgIpc) is 3.31. The van der Waals surface area contributed by atoms with E-state index in [4.69, 9.17) is 24.1 Å². The molecule has 1 heterocycles. The Kier molecular flexibility index (Phi) is 8.72. The molecule has 0 bridgehead atoms. The number of rotatable bonds is 11. The Balaban J connectivity index is 1.19. The van der Waals surface area contributed by atoms with Crippen LogP contribution in [0.5, 0.6) is 17.2 Å². The van der Waals surface area contributed by atoms with Crippen LogP contribution in [-0.4, -0.2) is 37.0 Å². The third-order valence-corrected chi connectivity index (χ3v) is 7.67. The Hall–Kier alpha value is -3.51. The van der Waals surface area contributed by atoms with Gasteiger partial charge in [-0.15, -0.1) is 0 Å². The number of aryl methyl sites for hydroxylation is 2. The van der Waals surface area contributed by atoms with E-state index in [1.807, 2.05) is 18.2 Å². The van der Waals surface area contributed by atoms with Crippen molar-refractivity contribution in [2.45, 2.75) is 71.0 Å². The van der Waals surface area contributed by atoms with Crippen LogP contribution in [0.15, 0.2) is 54.6 Å². The van der Waals surface area contributed by atoms with E-state index in [0.717, 1.165) is 22.4 Å². The molecule has 1 atom stereocenters. The zero-order valence-corrected chi connectivity index (χ0v) is 22.9. The van der Waals surface area contributed by atoms with Crippen molar-refractivity contribution in [3.05, 3.63) is 76.9 Å². The second-order valence-corrected chi connectivity index (χ2v) is 10.7. The number of ether oxygens (including phenoxy) is 4. The van der Waals surface area contributed by atoms with Crippen molar-refractivity contribution in [3.63, 3.8) is 0 Å². The van der Waals surface area contributed by atoms with Crippen molar-refractivity contribution in [2.24, 2.45) is 0 Å². The fraction of sp³-hybridized carbons (Fsp3) is 0.424. The fourth-order valence-corrected chi connectivity index (χ4v) is 5.78. The number of hydrogen-bond acceptors (Lipinski definition) is 5. The molecule has 0 spiro atoms. The van der Waals surface area contributed by atoms with E-state index in [-0.39, 0.29) is 12.3 Å². The number of carbonyl (C=O) groups is 1. The molecule has 2 aliphatic rings. The Morgan fingerprint density at radius 3 is 2.49 bits per heavy atom. The van der Waals surface area contributed by atoms with Gasteiger partial charge in [0.1, 0.15) is 30.5 Å². The van der Waals surface area contributed by atoms with E-state index < -0.39 is 5.97 Å². The van der Waals surface area contributed by atoms with Gasteiger partial charge in [0.25, 0.3) is 0 Å². The molecular weight excluding hydrogens is 492 g/mol. The highest BCUT2D eigenvalue weighted by Gasteiger charge is 2.26. The van der Waals surface area contributed by atoms with Crippen LogP contribution in [0.25, 0.3) is 11.1 Å². The second-order valence-electron chi connectivity index (χ2n) is 10.7. The van der Waals surface area contributed by atoms with Gasteiger partial charge < -0.3 is 24.1 Å². The topological polar surface area (TPSA) is 74.2 Å². The van der Waals surface area contributed by atoms with Crippen LogP contribution in [-0.2, 0) is 16.1 Å². The summed E-state index contributed by atoms with van der Waals surface area (Å²) in [7, 11) is 0. The summed E-state index contributed by atoms with van der Waals surface area (Å²) in [6, 6.07) is 18.3. The molecule has 5 rings (SSSR count). The lowest BCUT2D eigenvalue weighted by Crippen LogP contribution is -2.19. The maximum absolute atomic E-state index is 11.1. The lowest BCUT2D eigenvalue weighted by molar-refractivity contribution is -0.137. The lowest BCUT2D eigenvalue weighted by atomic mass is 9.94. The van der Waals surface area contributed by atoms with Gasteiger partial charge in [0, 0.05) is 17.5 Å². The molecule has 0 aromatic heterocycles. The largest absolute Gasteiger partial charge is 0.492 e. The molecule has 6 nitrogen and oxygen atoms in total. The second kappa shape index (κ2) is 12.6. The number of fused-ring (bicyclic) bond motifs is 1. The molecule has 0 saturated heterocycles. The third kappa shape index (κ3) is 6.93. The van der Waals surface area contributed by atoms with E-state index in [0.29, 0.717) is 44.0 Å². The minimum atomic E-state index is -0.816. The Morgan fingerprint density at radius 1 is 0.923 bits per heavy atom. The number of carboxylic acid groups (broad SMARTS) is 1. The molecular formula is C33H38O6. The SMILES string of the molecule is Cc1cc(OCCOC2CCCCC2)cc(C)c1-c1cccc(COc2ccc3c(c2)OC[C@H]3CC(=O)O)c1. The van der Waals surface area contributed by atoms with Crippen LogP contribution >= 0.6 is 0 Å². The van der Waals surface area contributed by atoms with Crippen molar-refractivity contribution in [1.29, 1.82) is 0 Å². The Morgan fingerprint density at radius 2 is 1.72 bits per heavy atom. The zero-order chi connectivity index (χ0) is 27.2. The van der Waals surface area contributed by atoms with Crippen molar-refractivity contribution < 1.29 is 28.8 Å². The van der Waals surface area contributed by atoms with Gasteiger partial charge in [-0.1, -0.05) is 43.5 Å². The van der Waals surface area contributed by atoms with Gasteiger partial charge in [0.15, 0.2) is 0 Å². The van der Waals surface area contributed by atoms with Gasteiger partial charge in [-0.3, -0.25) is 4.79 Å². The first-order valence-corrected chi connectivity index (χ1v) is 14.0. The standard InChI is InChI=1S/C33H38O6/c1-22-15-29(37-14-13-36-27-9-4-3-5-10-27)16-23(2)33(22)25-8-6-7-24(17-25)20-38-28-11-12-30-26(18-32(34)35)21-39-31(30)19-28/h6-8,11-12,15-17,19,26-27H,3-5,9-10,13-14,18,20-21H2,1-2H3,(H,34,35)/t26-/m1/s1. The molecule has 3 aromatic rings. The quantitative estimate of drug-likeness (QED) is 0.264. The van der Waals surface area contributed by atoms with Crippen molar-refractivity contribution in [2.75, 3.05) is 19.8 Å². The van der Waals surface area contributed by atoms with Crippen molar-refractivity contribution >= 4 is 5.97 Å². The molecule has 1 aliphatic carbocycles. The number of carboxylic acids is 1. The van der Waals surface area contributed by atoms with Crippen LogP contribution in [0.2, 0.25) is 0 Å². The molecule has 0 unspecified atom stereocenters. The fourth-order valence-electron chi connectivity index (χ4n) is 5.78. The van der Waals surface area contributed by atoms with Gasteiger partial charge in [0.2, 0.25) is 0 Å². The summed E-state index contributed by atoms with van der Waals surface area (Å²) in [5.41, 5.74) is 6.69. The van der Waals surface area contributed by atoms with E-state index in [1.165, 1.54) is 48.8 Å². The van der Waals surface area contributed by atoms with Gasteiger partial charge in [0.05, 0.1) is 25.7 Å². The number of aliphatic carboxylic acids is 1. The molecule has 1 aliphatic heterocycles. The highest BCUT2D eigenvalue weighted by Crippen LogP contribution is 2.38. The summed E-state index contributed by atoms with van der Waals surface area (Å²) in [6.45, 7) is 6.26. The zero-order valence-electron chi connectivity index (χ0n) is 22.9. The lowest BCUT2D eigenvalue weighted by Gasteiger charge is -2.22. The predicted molar refractivity (Wildman–Crippen MR) is 151 cm³/mol. The summed E-state index contributed by atoms with van der Waals surface area (Å²) in [4.78, 5) is 11.1. The van der Waals surface area contributed by atoms with Crippen LogP contribution in [0.4, 0.5) is 0 Å². The Bertz CT molecular complexity index is 1270. The highest BCUT2D eigenvalue weighted by molar-refractivity contribution is 5.72. The van der Waals surface area contributed by atoms with Crippen LogP contribution < -0.4 is 14.2 Å². The normalized spacial score (nSPS) is 16.9. The monoisotopic (exact) mass is 530 g/mol. The maximum Gasteiger partial charge on any atom is 0.304 e. The molecule has 1 saturated carbocycles. The molecule has 0 radical (unpaired) electrons. The van der Waals surface area contributed by atoms with E-state index >= 15 is 0 Å². The van der Waals surface area contributed by atoms with Crippen LogP contribution in [0.1, 0.15) is 66.7 Å². The van der Waals surface area contributed by atoms with Gasteiger partial charge in [-0.05, 0) is 78.8 Å².